The zero-order valence-corrected chi connectivity index (χ0v) is 13.3. The molecule has 0 aromatic heterocycles. The summed E-state index contributed by atoms with van der Waals surface area (Å²) in [6, 6.07) is 4.77. The lowest BCUT2D eigenvalue weighted by Gasteiger charge is -2.08. The van der Waals surface area contributed by atoms with Crippen LogP contribution in [0.1, 0.15) is 13.3 Å². The number of benzene rings is 1. The smallest absolute Gasteiger partial charge is 0.344 e. The molecule has 0 radical (unpaired) electrons. The molecular formula is C14H18Cl2O5. The molecular weight excluding hydrogens is 319 g/mol. The summed E-state index contributed by atoms with van der Waals surface area (Å²) in [4.78, 5) is 11.4. The van der Waals surface area contributed by atoms with E-state index in [0.717, 1.165) is 0 Å². The number of hydrogen-bond donors (Lipinski definition) is 0. The number of carbonyl (C=O) groups excluding carboxylic acids is 1. The van der Waals surface area contributed by atoms with E-state index in [0.29, 0.717) is 35.4 Å². The van der Waals surface area contributed by atoms with Crippen molar-refractivity contribution in [2.75, 3.05) is 33.2 Å². The van der Waals surface area contributed by atoms with Gasteiger partial charge < -0.3 is 18.9 Å². The van der Waals surface area contributed by atoms with Crippen LogP contribution in [0.15, 0.2) is 18.2 Å². The first-order valence-corrected chi connectivity index (χ1v) is 7.28. The minimum absolute atomic E-state index is 0.207. The van der Waals surface area contributed by atoms with E-state index in [1.165, 1.54) is 0 Å². The van der Waals surface area contributed by atoms with Crippen molar-refractivity contribution in [1.82, 2.24) is 0 Å². The van der Waals surface area contributed by atoms with Gasteiger partial charge in [-0.05, 0) is 25.1 Å². The number of hydrogen-bond acceptors (Lipinski definition) is 5. The third kappa shape index (κ3) is 8.12. The van der Waals surface area contributed by atoms with Crippen molar-refractivity contribution >= 4 is 29.2 Å². The second kappa shape index (κ2) is 10.7. The Hall–Kier alpha value is -1.01. The molecule has 0 unspecified atom stereocenters. The number of halogens is 2. The molecule has 1 aromatic rings. The first kappa shape index (κ1) is 18.0. The van der Waals surface area contributed by atoms with Crippen LogP contribution in [-0.4, -0.2) is 39.2 Å². The van der Waals surface area contributed by atoms with Gasteiger partial charge in [0.2, 0.25) is 0 Å². The Morgan fingerprint density at radius 2 is 2.00 bits per heavy atom. The first-order valence-electron chi connectivity index (χ1n) is 6.52. The zero-order valence-electron chi connectivity index (χ0n) is 11.8. The van der Waals surface area contributed by atoms with Gasteiger partial charge in [0.1, 0.15) is 12.5 Å². The molecule has 0 spiro atoms. The highest BCUT2D eigenvalue weighted by atomic mass is 35.5. The van der Waals surface area contributed by atoms with E-state index in [9.17, 15) is 4.79 Å². The topological polar surface area (TPSA) is 54.0 Å². The molecule has 5 nitrogen and oxygen atoms in total. The summed E-state index contributed by atoms with van der Waals surface area (Å²) >= 11 is 11.7. The molecule has 118 valence electrons. The molecule has 0 aliphatic rings. The van der Waals surface area contributed by atoms with Crippen LogP contribution >= 0.6 is 23.2 Å². The van der Waals surface area contributed by atoms with Crippen LogP contribution in [0.5, 0.6) is 5.75 Å². The highest BCUT2D eigenvalue weighted by Crippen LogP contribution is 2.27. The predicted molar refractivity (Wildman–Crippen MR) is 80.0 cm³/mol. The lowest BCUT2D eigenvalue weighted by Crippen LogP contribution is -2.16. The minimum atomic E-state index is -0.467. The van der Waals surface area contributed by atoms with E-state index < -0.39 is 5.97 Å². The van der Waals surface area contributed by atoms with E-state index in [1.54, 1.807) is 18.2 Å². The molecule has 0 N–H and O–H groups in total. The van der Waals surface area contributed by atoms with Gasteiger partial charge in [0.25, 0.3) is 0 Å². The van der Waals surface area contributed by atoms with Gasteiger partial charge in [0, 0.05) is 18.1 Å². The summed E-state index contributed by atoms with van der Waals surface area (Å²) in [7, 11) is 0. The summed E-state index contributed by atoms with van der Waals surface area (Å²) < 4.78 is 20.4. The van der Waals surface area contributed by atoms with Gasteiger partial charge in [-0.15, -0.1) is 0 Å². The van der Waals surface area contributed by atoms with Gasteiger partial charge in [0.15, 0.2) is 6.61 Å². The van der Waals surface area contributed by atoms with E-state index in [-0.39, 0.29) is 20.0 Å². The van der Waals surface area contributed by atoms with Crippen molar-refractivity contribution < 1.29 is 23.7 Å². The van der Waals surface area contributed by atoms with Crippen LogP contribution in [0.4, 0.5) is 0 Å². The summed E-state index contributed by atoms with van der Waals surface area (Å²) in [5.41, 5.74) is 0. The van der Waals surface area contributed by atoms with Gasteiger partial charge in [-0.25, -0.2) is 4.79 Å². The summed E-state index contributed by atoms with van der Waals surface area (Å²) in [5.74, 6) is -0.0797. The van der Waals surface area contributed by atoms with Crippen LogP contribution < -0.4 is 4.74 Å². The van der Waals surface area contributed by atoms with Crippen LogP contribution in [-0.2, 0) is 19.0 Å². The predicted octanol–water partition coefficient (Wildman–Crippen LogP) is 3.32. The maximum atomic E-state index is 11.4. The largest absolute Gasteiger partial charge is 0.480 e. The van der Waals surface area contributed by atoms with Crippen LogP contribution in [0, 0.1) is 0 Å². The molecule has 0 saturated carbocycles. The Balaban J connectivity index is 2.11. The molecule has 0 amide bonds. The van der Waals surface area contributed by atoms with Crippen molar-refractivity contribution in [3.63, 3.8) is 0 Å². The van der Waals surface area contributed by atoms with Crippen LogP contribution in [0.3, 0.4) is 0 Å². The highest BCUT2D eigenvalue weighted by molar-refractivity contribution is 6.35. The monoisotopic (exact) mass is 336 g/mol. The second-order valence-electron chi connectivity index (χ2n) is 3.96. The van der Waals surface area contributed by atoms with E-state index in [1.807, 2.05) is 6.92 Å². The average Bonchev–Trinajstić information content (AvgIpc) is 2.45. The van der Waals surface area contributed by atoms with Crippen LogP contribution in [0.25, 0.3) is 0 Å². The maximum absolute atomic E-state index is 11.4. The number of esters is 1. The molecule has 0 fully saturated rings. The molecule has 0 saturated heterocycles. The average molecular weight is 337 g/mol. The van der Waals surface area contributed by atoms with Crippen molar-refractivity contribution in [3.05, 3.63) is 28.2 Å². The molecule has 0 bridgehead atoms. The first-order chi connectivity index (χ1) is 10.1. The third-order valence-electron chi connectivity index (χ3n) is 2.31. The lowest BCUT2D eigenvalue weighted by molar-refractivity contribution is -0.146. The highest BCUT2D eigenvalue weighted by Gasteiger charge is 2.07. The van der Waals surface area contributed by atoms with Crippen LogP contribution in [0.2, 0.25) is 10.0 Å². The molecule has 0 atom stereocenters. The number of rotatable bonds is 10. The van der Waals surface area contributed by atoms with Gasteiger partial charge in [0.05, 0.1) is 18.2 Å². The molecule has 7 heteroatoms. The van der Waals surface area contributed by atoms with Crippen molar-refractivity contribution in [2.24, 2.45) is 0 Å². The molecule has 0 heterocycles. The van der Waals surface area contributed by atoms with E-state index >= 15 is 0 Å². The van der Waals surface area contributed by atoms with Gasteiger partial charge >= 0.3 is 5.97 Å². The fourth-order valence-corrected chi connectivity index (χ4v) is 1.78. The van der Waals surface area contributed by atoms with Gasteiger partial charge in [-0.3, -0.25) is 0 Å². The summed E-state index contributed by atoms with van der Waals surface area (Å²) in [6.07, 6.45) is 0.598. The zero-order chi connectivity index (χ0) is 15.5. The summed E-state index contributed by atoms with van der Waals surface area (Å²) in [6.45, 7) is 3.28. The van der Waals surface area contributed by atoms with Crippen molar-refractivity contribution in [1.29, 1.82) is 0 Å². The lowest BCUT2D eigenvalue weighted by atomic mass is 10.3. The quantitative estimate of drug-likeness (QED) is 0.372. The Morgan fingerprint density at radius 1 is 1.19 bits per heavy atom. The van der Waals surface area contributed by atoms with Crippen molar-refractivity contribution in [3.8, 4) is 5.75 Å². The standard InChI is InChI=1S/C14H18Cl2O5/c1-2-18-10-19-6-3-7-20-14(17)9-21-13-5-4-11(15)8-12(13)16/h4-5,8H,2-3,6-7,9-10H2,1H3. The normalized spacial score (nSPS) is 10.4. The van der Waals surface area contributed by atoms with E-state index in [4.69, 9.17) is 42.1 Å². The fourth-order valence-electron chi connectivity index (χ4n) is 1.32. The Bertz CT molecular complexity index is 439. The molecule has 1 aromatic carbocycles. The maximum Gasteiger partial charge on any atom is 0.344 e. The SMILES string of the molecule is CCOCOCCCOC(=O)COc1ccc(Cl)cc1Cl. The minimum Gasteiger partial charge on any atom is -0.480 e. The van der Waals surface area contributed by atoms with E-state index in [2.05, 4.69) is 0 Å². The van der Waals surface area contributed by atoms with Gasteiger partial charge in [-0.2, -0.15) is 0 Å². The van der Waals surface area contributed by atoms with Gasteiger partial charge in [-0.1, -0.05) is 23.2 Å². The third-order valence-corrected chi connectivity index (χ3v) is 2.84. The Labute approximate surface area is 134 Å². The second-order valence-corrected chi connectivity index (χ2v) is 4.80. The molecule has 21 heavy (non-hydrogen) atoms. The Morgan fingerprint density at radius 3 is 2.71 bits per heavy atom. The summed E-state index contributed by atoms with van der Waals surface area (Å²) in [5, 5.41) is 0.849. The van der Waals surface area contributed by atoms with Crippen molar-refractivity contribution in [2.45, 2.75) is 13.3 Å². The fraction of sp³-hybridized carbons (Fsp3) is 0.500. The molecule has 1 rings (SSSR count). The molecule has 0 aliphatic carbocycles. The number of carbonyl (C=O) groups is 1. The molecule has 0 aliphatic heterocycles. The Kier molecular flexibility index (Phi) is 9.17. The number of ether oxygens (including phenoxy) is 4.